The van der Waals surface area contributed by atoms with Gasteiger partial charge in [-0.05, 0) is 60.7 Å². The van der Waals surface area contributed by atoms with Crippen LogP contribution in [0.3, 0.4) is 0 Å². The molecular formula is C20H24N2O3S. The summed E-state index contributed by atoms with van der Waals surface area (Å²) in [6, 6.07) is 12.4. The maximum atomic E-state index is 12.7. The zero-order chi connectivity index (χ0) is 19.1. The Labute approximate surface area is 155 Å². The SMILES string of the molecule is CC(=O)N1c2ccc(S(=O)(=O)Nc3ccc(C(C)C)cc3)cc2C[C@H]1C. The van der Waals surface area contributed by atoms with Crippen LogP contribution in [0.2, 0.25) is 0 Å². The van der Waals surface area contributed by atoms with Crippen LogP contribution in [0.1, 0.15) is 44.7 Å². The molecule has 2 aromatic carbocycles. The number of anilines is 2. The highest BCUT2D eigenvalue weighted by atomic mass is 32.2. The van der Waals surface area contributed by atoms with E-state index < -0.39 is 10.0 Å². The summed E-state index contributed by atoms with van der Waals surface area (Å²) in [4.78, 5) is 13.7. The first-order chi connectivity index (χ1) is 12.2. The number of carbonyl (C=O) groups excluding carboxylic acids is 1. The lowest BCUT2D eigenvalue weighted by Gasteiger charge is -2.20. The molecule has 1 amide bonds. The maximum absolute atomic E-state index is 12.7. The van der Waals surface area contributed by atoms with Gasteiger partial charge in [0.25, 0.3) is 10.0 Å². The van der Waals surface area contributed by atoms with Gasteiger partial charge in [0.05, 0.1) is 4.90 Å². The number of amides is 1. The molecule has 0 spiro atoms. The number of sulfonamides is 1. The molecule has 0 radical (unpaired) electrons. The molecule has 1 atom stereocenters. The summed E-state index contributed by atoms with van der Waals surface area (Å²) in [6.07, 6.45) is 0.654. The van der Waals surface area contributed by atoms with Crippen molar-refractivity contribution in [3.8, 4) is 0 Å². The molecule has 3 rings (SSSR count). The molecule has 0 fully saturated rings. The van der Waals surface area contributed by atoms with Crippen molar-refractivity contribution in [3.63, 3.8) is 0 Å². The van der Waals surface area contributed by atoms with Gasteiger partial charge in [0, 0.05) is 24.3 Å². The average Bonchev–Trinajstić information content (AvgIpc) is 2.89. The van der Waals surface area contributed by atoms with Crippen molar-refractivity contribution < 1.29 is 13.2 Å². The van der Waals surface area contributed by atoms with Crippen molar-refractivity contribution in [3.05, 3.63) is 53.6 Å². The van der Waals surface area contributed by atoms with E-state index in [4.69, 9.17) is 0 Å². The summed E-state index contributed by atoms with van der Waals surface area (Å²) in [7, 11) is -3.68. The number of nitrogens with one attached hydrogen (secondary N) is 1. The molecule has 138 valence electrons. The lowest BCUT2D eigenvalue weighted by atomic mass is 10.0. The van der Waals surface area contributed by atoms with Crippen LogP contribution in [0.25, 0.3) is 0 Å². The van der Waals surface area contributed by atoms with Crippen molar-refractivity contribution in [2.75, 3.05) is 9.62 Å². The summed E-state index contributed by atoms with van der Waals surface area (Å²) >= 11 is 0. The number of carbonyl (C=O) groups is 1. The van der Waals surface area contributed by atoms with Gasteiger partial charge >= 0.3 is 0 Å². The topological polar surface area (TPSA) is 66.5 Å². The van der Waals surface area contributed by atoms with E-state index in [1.54, 1.807) is 35.2 Å². The zero-order valence-corrected chi connectivity index (χ0v) is 16.3. The highest BCUT2D eigenvalue weighted by molar-refractivity contribution is 7.92. The smallest absolute Gasteiger partial charge is 0.261 e. The molecule has 1 heterocycles. The number of nitrogens with zero attached hydrogens (tertiary/aromatic N) is 1. The number of hydrogen-bond acceptors (Lipinski definition) is 3. The Kier molecular flexibility index (Phi) is 4.80. The van der Waals surface area contributed by atoms with Gasteiger partial charge in [-0.1, -0.05) is 26.0 Å². The minimum atomic E-state index is -3.68. The summed E-state index contributed by atoms with van der Waals surface area (Å²) in [6.45, 7) is 7.67. The lowest BCUT2D eigenvalue weighted by Crippen LogP contribution is -2.33. The monoisotopic (exact) mass is 372 g/mol. The van der Waals surface area contributed by atoms with E-state index in [1.165, 1.54) is 6.92 Å². The van der Waals surface area contributed by atoms with E-state index in [0.717, 1.165) is 16.8 Å². The fraction of sp³-hybridized carbons (Fsp3) is 0.350. The summed E-state index contributed by atoms with van der Waals surface area (Å²) < 4.78 is 28.1. The third-order valence-corrected chi connectivity index (χ3v) is 6.12. The summed E-state index contributed by atoms with van der Waals surface area (Å²) in [5.74, 6) is 0.360. The highest BCUT2D eigenvalue weighted by Gasteiger charge is 2.30. The Morgan fingerprint density at radius 2 is 1.81 bits per heavy atom. The molecular weight excluding hydrogens is 348 g/mol. The Hall–Kier alpha value is -2.34. The van der Waals surface area contributed by atoms with Crippen LogP contribution in [0.5, 0.6) is 0 Å². The van der Waals surface area contributed by atoms with Crippen LogP contribution in [0, 0.1) is 0 Å². The molecule has 26 heavy (non-hydrogen) atoms. The Balaban J connectivity index is 1.87. The van der Waals surface area contributed by atoms with Gasteiger partial charge in [-0.2, -0.15) is 0 Å². The molecule has 1 aliphatic rings. The van der Waals surface area contributed by atoms with Gasteiger partial charge < -0.3 is 4.90 Å². The standard InChI is InChI=1S/C20H24N2O3S/c1-13(2)16-5-7-18(8-6-16)21-26(24,25)19-9-10-20-17(12-19)11-14(3)22(20)15(4)23/h5-10,12-14,21H,11H2,1-4H3/t14-/m1/s1. The molecule has 1 N–H and O–H groups in total. The fourth-order valence-electron chi connectivity index (χ4n) is 3.40. The number of fused-ring (bicyclic) bond motifs is 1. The Bertz CT molecular complexity index is 934. The number of hydrogen-bond donors (Lipinski definition) is 1. The van der Waals surface area contributed by atoms with E-state index >= 15 is 0 Å². The first kappa shape index (κ1) is 18.5. The molecule has 0 aromatic heterocycles. The molecule has 6 heteroatoms. The van der Waals surface area contributed by atoms with Crippen LogP contribution < -0.4 is 9.62 Å². The largest absolute Gasteiger partial charge is 0.309 e. The molecule has 0 saturated carbocycles. The number of benzene rings is 2. The third-order valence-electron chi connectivity index (χ3n) is 4.75. The zero-order valence-electron chi connectivity index (χ0n) is 15.5. The van der Waals surface area contributed by atoms with Crippen molar-refractivity contribution in [2.45, 2.75) is 51.0 Å². The van der Waals surface area contributed by atoms with Crippen LogP contribution in [0.15, 0.2) is 47.4 Å². The van der Waals surface area contributed by atoms with Crippen molar-refractivity contribution in [2.24, 2.45) is 0 Å². The second-order valence-corrected chi connectivity index (χ2v) is 8.80. The molecule has 0 aliphatic carbocycles. The lowest BCUT2D eigenvalue weighted by molar-refractivity contribution is -0.116. The van der Waals surface area contributed by atoms with E-state index in [0.29, 0.717) is 18.0 Å². The Morgan fingerprint density at radius 1 is 1.15 bits per heavy atom. The predicted octanol–water partition coefficient (Wildman–Crippen LogP) is 3.91. The van der Waals surface area contributed by atoms with Crippen LogP contribution >= 0.6 is 0 Å². The van der Waals surface area contributed by atoms with Gasteiger partial charge in [-0.15, -0.1) is 0 Å². The third kappa shape index (κ3) is 3.46. The van der Waals surface area contributed by atoms with Crippen LogP contribution in [0.4, 0.5) is 11.4 Å². The van der Waals surface area contributed by atoms with E-state index in [-0.39, 0.29) is 16.8 Å². The molecule has 0 unspecified atom stereocenters. The first-order valence-corrected chi connectivity index (χ1v) is 10.2. The quantitative estimate of drug-likeness (QED) is 0.885. The van der Waals surface area contributed by atoms with Crippen LogP contribution in [-0.2, 0) is 21.2 Å². The van der Waals surface area contributed by atoms with Gasteiger partial charge in [0.1, 0.15) is 0 Å². The van der Waals surface area contributed by atoms with Crippen LogP contribution in [-0.4, -0.2) is 20.4 Å². The predicted molar refractivity (Wildman–Crippen MR) is 104 cm³/mol. The second-order valence-electron chi connectivity index (χ2n) is 7.11. The van der Waals surface area contributed by atoms with Crippen molar-refractivity contribution in [1.29, 1.82) is 0 Å². The normalized spacial score (nSPS) is 16.7. The summed E-state index contributed by atoms with van der Waals surface area (Å²) in [5.41, 5.74) is 3.37. The minimum absolute atomic E-state index is 0.0322. The fourth-order valence-corrected chi connectivity index (χ4v) is 4.51. The molecule has 0 saturated heterocycles. The van der Waals surface area contributed by atoms with Crippen molar-refractivity contribution in [1.82, 2.24) is 0 Å². The average molecular weight is 372 g/mol. The second kappa shape index (κ2) is 6.76. The van der Waals surface area contributed by atoms with E-state index in [2.05, 4.69) is 18.6 Å². The Morgan fingerprint density at radius 3 is 2.38 bits per heavy atom. The molecule has 2 aromatic rings. The summed E-state index contributed by atoms with van der Waals surface area (Å²) in [5, 5.41) is 0. The van der Waals surface area contributed by atoms with Gasteiger partial charge in [-0.3, -0.25) is 9.52 Å². The maximum Gasteiger partial charge on any atom is 0.261 e. The molecule has 0 bridgehead atoms. The van der Waals surface area contributed by atoms with Gasteiger partial charge in [-0.25, -0.2) is 8.42 Å². The molecule has 1 aliphatic heterocycles. The molecule has 5 nitrogen and oxygen atoms in total. The van der Waals surface area contributed by atoms with E-state index in [9.17, 15) is 13.2 Å². The van der Waals surface area contributed by atoms with Crippen molar-refractivity contribution >= 4 is 27.3 Å². The minimum Gasteiger partial charge on any atom is -0.309 e. The van der Waals surface area contributed by atoms with Gasteiger partial charge in [0.2, 0.25) is 5.91 Å². The number of rotatable bonds is 4. The van der Waals surface area contributed by atoms with E-state index in [1.807, 2.05) is 19.1 Å². The first-order valence-electron chi connectivity index (χ1n) is 8.74. The van der Waals surface area contributed by atoms with Gasteiger partial charge in [0.15, 0.2) is 0 Å². The highest BCUT2D eigenvalue weighted by Crippen LogP contribution is 2.34.